The molecule has 3 N–H and O–H groups in total. The maximum atomic E-state index is 13.3. The zero-order valence-corrected chi connectivity index (χ0v) is 33.1. The van der Waals surface area contributed by atoms with E-state index in [2.05, 4.69) is 26.6 Å². The first-order chi connectivity index (χ1) is 27.6. The van der Waals surface area contributed by atoms with Gasteiger partial charge in [-0.2, -0.15) is 5.26 Å². The summed E-state index contributed by atoms with van der Waals surface area (Å²) < 4.78 is 7.51. The summed E-state index contributed by atoms with van der Waals surface area (Å²) in [4.78, 5) is 42.9. The summed E-state index contributed by atoms with van der Waals surface area (Å²) in [6, 6.07) is 20.9. The summed E-state index contributed by atoms with van der Waals surface area (Å²) in [7, 11) is 0. The highest BCUT2D eigenvalue weighted by Crippen LogP contribution is 2.41. The number of aromatic nitrogens is 2. The van der Waals surface area contributed by atoms with E-state index in [9.17, 15) is 19.5 Å². The number of pyridine rings is 1. The second-order valence-electron chi connectivity index (χ2n) is 14.2. The lowest BCUT2D eigenvalue weighted by atomic mass is 9.97. The van der Waals surface area contributed by atoms with Crippen LogP contribution < -0.4 is 20.9 Å². The second kappa shape index (κ2) is 17.9. The third-order valence-corrected chi connectivity index (χ3v) is 11.5. The lowest BCUT2D eigenvalue weighted by Gasteiger charge is -2.19. The van der Waals surface area contributed by atoms with Crippen molar-refractivity contribution in [2.45, 2.75) is 44.8 Å². The van der Waals surface area contributed by atoms with Crippen LogP contribution in [0.3, 0.4) is 0 Å². The van der Waals surface area contributed by atoms with E-state index in [0.717, 1.165) is 39.8 Å². The van der Waals surface area contributed by atoms with Crippen LogP contribution in [0, 0.1) is 17.2 Å². The predicted octanol–water partition coefficient (Wildman–Crippen LogP) is 7.73. The van der Waals surface area contributed by atoms with Crippen LogP contribution >= 0.6 is 34.8 Å². The molecule has 2 aliphatic rings. The summed E-state index contributed by atoms with van der Waals surface area (Å²) in [5.41, 5.74) is 6.02. The van der Waals surface area contributed by atoms with Crippen molar-refractivity contribution < 1.29 is 19.4 Å². The molecule has 0 unspecified atom stereocenters. The van der Waals surface area contributed by atoms with Crippen molar-refractivity contribution in [2.24, 2.45) is 5.92 Å². The van der Waals surface area contributed by atoms with Crippen molar-refractivity contribution in [1.29, 1.82) is 5.26 Å². The Hall–Kier alpha value is -5.22. The van der Waals surface area contributed by atoms with Crippen LogP contribution in [0.4, 0.5) is 0 Å². The zero-order valence-electron chi connectivity index (χ0n) is 30.8. The molecule has 0 spiro atoms. The molecule has 1 amide bonds. The molecule has 2 aromatic heterocycles. The number of hydrogen-bond acceptors (Lipinski definition) is 8. The van der Waals surface area contributed by atoms with E-state index in [1.54, 1.807) is 12.4 Å². The number of carbonyl (C=O) groups excluding carboxylic acids is 1. The monoisotopic (exact) mass is 824 g/mol. The van der Waals surface area contributed by atoms with Gasteiger partial charge in [0.15, 0.2) is 0 Å². The van der Waals surface area contributed by atoms with Gasteiger partial charge in [-0.3, -0.25) is 23.7 Å². The number of hydrogen-bond donors (Lipinski definition) is 3. The third kappa shape index (κ3) is 9.17. The predicted molar refractivity (Wildman–Crippen MR) is 222 cm³/mol. The maximum Gasteiger partial charge on any atom is 0.307 e. The highest BCUT2D eigenvalue weighted by molar-refractivity contribution is 6.39. The Morgan fingerprint density at radius 3 is 2.53 bits per heavy atom. The molecule has 57 heavy (non-hydrogen) atoms. The Morgan fingerprint density at radius 2 is 1.77 bits per heavy atom. The van der Waals surface area contributed by atoms with E-state index < -0.39 is 11.9 Å². The fourth-order valence-corrected chi connectivity index (χ4v) is 8.14. The molecule has 4 heterocycles. The normalized spacial score (nSPS) is 17.0. The van der Waals surface area contributed by atoms with Gasteiger partial charge in [-0.15, -0.1) is 0 Å². The minimum absolute atomic E-state index is 0.0506. The van der Waals surface area contributed by atoms with E-state index in [1.807, 2.05) is 72.8 Å². The molecule has 292 valence electrons. The zero-order chi connectivity index (χ0) is 40.1. The number of nitrogens with zero attached hydrogens (tertiary/aromatic N) is 4. The first-order valence-electron chi connectivity index (χ1n) is 18.6. The molecule has 5 aromatic rings. The SMILES string of the molecule is N#CCCOc1cc(/C=C\c2cccc(-c3cccc(-c4ccn5c(=O)c(CNC[C@H]6CCC(=O)N6)cnc5c4)c3Cl)c2Cl)c(Cl)cc1CN1CC[C@@H](C(=O)O)C1. The summed E-state index contributed by atoms with van der Waals surface area (Å²) in [5, 5.41) is 26.2. The molecule has 0 radical (unpaired) electrons. The number of carboxylic acids is 1. The van der Waals surface area contributed by atoms with Crippen molar-refractivity contribution in [3.05, 3.63) is 121 Å². The van der Waals surface area contributed by atoms with Gasteiger partial charge in [0, 0.05) is 83.9 Å². The average Bonchev–Trinajstić information content (AvgIpc) is 3.85. The molecule has 0 aliphatic carbocycles. The summed E-state index contributed by atoms with van der Waals surface area (Å²) in [6.07, 6.45) is 9.08. The molecular formula is C43H39Cl3N6O5. The van der Waals surface area contributed by atoms with Crippen LogP contribution in [0.15, 0.2) is 77.9 Å². The number of nitrogens with one attached hydrogen (secondary N) is 2. The topological polar surface area (TPSA) is 149 Å². The van der Waals surface area contributed by atoms with Gasteiger partial charge in [0.25, 0.3) is 5.56 Å². The van der Waals surface area contributed by atoms with Gasteiger partial charge in [0.2, 0.25) is 5.91 Å². The molecule has 0 saturated carbocycles. The number of nitriles is 1. The lowest BCUT2D eigenvalue weighted by molar-refractivity contribution is -0.141. The second-order valence-corrected chi connectivity index (χ2v) is 15.3. The lowest BCUT2D eigenvalue weighted by Crippen LogP contribution is -2.36. The Bertz CT molecular complexity index is 2480. The van der Waals surface area contributed by atoms with E-state index in [1.165, 1.54) is 4.40 Å². The number of benzene rings is 3. The van der Waals surface area contributed by atoms with Crippen LogP contribution in [-0.4, -0.2) is 63.6 Å². The van der Waals surface area contributed by atoms with Crippen molar-refractivity contribution in [3.63, 3.8) is 0 Å². The number of rotatable bonds is 14. The first kappa shape index (κ1) is 40.0. The third-order valence-electron chi connectivity index (χ3n) is 10.3. The highest BCUT2D eigenvalue weighted by Gasteiger charge is 2.28. The molecule has 2 fully saturated rings. The van der Waals surface area contributed by atoms with Gasteiger partial charge in [0.1, 0.15) is 18.0 Å². The molecule has 3 aromatic carbocycles. The van der Waals surface area contributed by atoms with Gasteiger partial charge in [0.05, 0.1) is 28.5 Å². The minimum atomic E-state index is -0.797. The molecule has 14 heteroatoms. The molecule has 11 nitrogen and oxygen atoms in total. The Labute approximate surface area is 344 Å². The molecule has 2 saturated heterocycles. The van der Waals surface area contributed by atoms with E-state index >= 15 is 0 Å². The quantitative estimate of drug-likeness (QED) is 0.0756. The first-order valence-corrected chi connectivity index (χ1v) is 19.8. The summed E-state index contributed by atoms with van der Waals surface area (Å²) in [5.74, 6) is -0.576. The van der Waals surface area contributed by atoms with E-state index in [-0.39, 0.29) is 30.5 Å². The Balaban J connectivity index is 1.11. The fourth-order valence-electron chi connectivity index (χ4n) is 7.26. The smallest absolute Gasteiger partial charge is 0.307 e. The van der Waals surface area contributed by atoms with Crippen LogP contribution in [0.5, 0.6) is 5.75 Å². The molecule has 7 rings (SSSR count). The Morgan fingerprint density at radius 1 is 1.00 bits per heavy atom. The van der Waals surface area contributed by atoms with Crippen molar-refractivity contribution >= 4 is 64.5 Å². The average molecular weight is 826 g/mol. The number of likely N-dealkylation sites (tertiary alicyclic amines) is 1. The number of fused-ring (bicyclic) bond motifs is 1. The van der Waals surface area contributed by atoms with Crippen LogP contribution in [0.1, 0.15) is 47.9 Å². The van der Waals surface area contributed by atoms with Crippen molar-refractivity contribution in [1.82, 2.24) is 24.9 Å². The van der Waals surface area contributed by atoms with Crippen LogP contribution in [-0.2, 0) is 22.7 Å². The van der Waals surface area contributed by atoms with Crippen LogP contribution in [0.25, 0.3) is 40.1 Å². The van der Waals surface area contributed by atoms with E-state index in [4.69, 9.17) is 44.8 Å². The fraction of sp³-hybridized carbons (Fsp3) is 0.279. The highest BCUT2D eigenvalue weighted by atomic mass is 35.5. The van der Waals surface area contributed by atoms with Crippen LogP contribution in [0.2, 0.25) is 15.1 Å². The van der Waals surface area contributed by atoms with Gasteiger partial charge >= 0.3 is 5.97 Å². The van der Waals surface area contributed by atoms with Gasteiger partial charge in [-0.05, 0) is 60.3 Å². The van der Waals surface area contributed by atoms with Gasteiger partial charge in [-0.25, -0.2) is 4.98 Å². The largest absolute Gasteiger partial charge is 0.492 e. The standard InChI is InChI=1S/C43H39Cl3N6O5/c44-36-18-30(25-51-15-12-29(24-51)43(55)56)37(57-17-3-14-47)19-28(36)9-8-26-4-1-6-34(40(26)45)35-7-2-5-33(41(35)46)27-13-16-52-38(20-27)49-22-31(42(52)54)21-48-23-32-10-11-39(53)50-32/h1-2,4-9,13,16,18-20,22,29,32,48H,3,10-12,15,17,21,23-25H2,(H,50,53)(H,55,56)/b9-8-/t29-,32-/m1/s1. The van der Waals surface area contributed by atoms with Crippen molar-refractivity contribution in [2.75, 3.05) is 26.2 Å². The minimum Gasteiger partial charge on any atom is -0.492 e. The molecule has 2 aliphatic heterocycles. The summed E-state index contributed by atoms with van der Waals surface area (Å²) >= 11 is 21.0. The van der Waals surface area contributed by atoms with E-state index in [0.29, 0.717) is 83.2 Å². The number of ether oxygens (including phenoxy) is 1. The number of carbonyl (C=O) groups is 2. The maximum absolute atomic E-state index is 13.3. The number of aliphatic carboxylic acids is 1. The molecule has 2 atom stereocenters. The van der Waals surface area contributed by atoms with Gasteiger partial charge < -0.3 is 20.5 Å². The number of carboxylic acid groups (broad SMARTS) is 1. The summed E-state index contributed by atoms with van der Waals surface area (Å²) in [6.45, 7) is 2.69. The Kier molecular flexibility index (Phi) is 12.6. The molecular weight excluding hydrogens is 787 g/mol. The van der Waals surface area contributed by atoms with Gasteiger partial charge in [-0.1, -0.05) is 83.4 Å². The number of amides is 1. The number of halogens is 3. The molecule has 0 bridgehead atoms. The van der Waals surface area contributed by atoms with Crippen molar-refractivity contribution in [3.8, 4) is 34.1 Å².